The van der Waals surface area contributed by atoms with Crippen LogP contribution in [0, 0.1) is 11.8 Å². The number of carbonyl (C=O) groups is 5. The summed E-state index contributed by atoms with van der Waals surface area (Å²) in [6, 6.07) is -4.38. The number of hydrogen-bond donors (Lipinski definition) is 7. The Morgan fingerprint density at radius 3 is 2.17 bits per heavy atom. The summed E-state index contributed by atoms with van der Waals surface area (Å²) in [5.74, 6) is -4.22. The second kappa shape index (κ2) is 14.8. The molecular weight excluding hydrogens is 470 g/mol. The van der Waals surface area contributed by atoms with Crippen LogP contribution in [0.1, 0.15) is 59.1 Å². The third kappa shape index (κ3) is 10.4. The number of aliphatic carboxylic acids is 1. The van der Waals surface area contributed by atoms with Crippen molar-refractivity contribution in [3.05, 3.63) is 18.2 Å². The Morgan fingerprint density at radius 1 is 1.03 bits per heavy atom. The summed E-state index contributed by atoms with van der Waals surface area (Å²) in [5, 5.41) is 17.1. The molecule has 0 saturated carbocycles. The molecule has 0 saturated heterocycles. The molecule has 36 heavy (non-hydrogen) atoms. The van der Waals surface area contributed by atoms with E-state index in [0.29, 0.717) is 12.1 Å². The van der Waals surface area contributed by atoms with Crippen molar-refractivity contribution < 1.29 is 29.1 Å². The minimum absolute atomic E-state index is 0.0129. The zero-order valence-corrected chi connectivity index (χ0v) is 21.2. The highest BCUT2D eigenvalue weighted by molar-refractivity contribution is 5.94. The molecule has 13 heteroatoms. The van der Waals surface area contributed by atoms with Gasteiger partial charge in [0.05, 0.1) is 12.4 Å². The average Bonchev–Trinajstić information content (AvgIpc) is 3.31. The third-order valence-corrected chi connectivity index (χ3v) is 5.76. The predicted molar refractivity (Wildman–Crippen MR) is 131 cm³/mol. The molecule has 0 fully saturated rings. The van der Waals surface area contributed by atoms with E-state index in [1.54, 1.807) is 6.92 Å². The van der Waals surface area contributed by atoms with Crippen LogP contribution in [0.4, 0.5) is 0 Å². The van der Waals surface area contributed by atoms with Crippen molar-refractivity contribution in [3.8, 4) is 0 Å². The number of carbonyl (C=O) groups excluding carboxylic acids is 4. The summed E-state index contributed by atoms with van der Waals surface area (Å²) in [5.41, 5.74) is 11.9. The number of amides is 4. The molecule has 202 valence electrons. The Kier molecular flexibility index (Phi) is 12.6. The number of carboxylic acids is 1. The smallest absolute Gasteiger partial charge is 0.326 e. The number of nitrogens with one attached hydrogen (secondary N) is 4. The molecular formula is C23H39N7O6. The molecule has 1 aromatic rings. The lowest BCUT2D eigenvalue weighted by Crippen LogP contribution is -2.59. The van der Waals surface area contributed by atoms with Gasteiger partial charge in [-0.15, -0.1) is 0 Å². The minimum atomic E-state index is -1.24. The van der Waals surface area contributed by atoms with Crippen molar-refractivity contribution in [3.63, 3.8) is 0 Å². The fourth-order valence-corrected chi connectivity index (χ4v) is 3.47. The van der Waals surface area contributed by atoms with Gasteiger partial charge in [0.2, 0.25) is 23.6 Å². The van der Waals surface area contributed by atoms with E-state index in [1.165, 1.54) is 12.5 Å². The van der Waals surface area contributed by atoms with E-state index in [2.05, 4.69) is 25.9 Å². The molecule has 1 aromatic heterocycles. The van der Waals surface area contributed by atoms with Crippen LogP contribution >= 0.6 is 0 Å². The number of nitrogens with zero attached hydrogens (tertiary/aromatic N) is 1. The lowest BCUT2D eigenvalue weighted by Gasteiger charge is -2.28. The molecule has 4 amide bonds. The molecule has 0 spiro atoms. The summed E-state index contributed by atoms with van der Waals surface area (Å²) in [6.07, 6.45) is 3.54. The number of carboxylic acid groups (broad SMARTS) is 1. The van der Waals surface area contributed by atoms with Crippen LogP contribution in [-0.2, 0) is 30.4 Å². The maximum absolute atomic E-state index is 13.2. The number of H-pyrrole nitrogens is 1. The van der Waals surface area contributed by atoms with E-state index < -0.39 is 53.8 Å². The van der Waals surface area contributed by atoms with Crippen molar-refractivity contribution in [1.29, 1.82) is 0 Å². The van der Waals surface area contributed by atoms with Crippen LogP contribution < -0.4 is 27.4 Å². The monoisotopic (exact) mass is 509 g/mol. The fraction of sp³-hybridized carbons (Fsp3) is 0.652. The van der Waals surface area contributed by atoms with Crippen LogP contribution in [0.25, 0.3) is 0 Å². The summed E-state index contributed by atoms with van der Waals surface area (Å²) >= 11 is 0. The topological polar surface area (TPSA) is 222 Å². The summed E-state index contributed by atoms with van der Waals surface area (Å²) in [7, 11) is 0. The fourth-order valence-electron chi connectivity index (χ4n) is 3.47. The first kappa shape index (κ1) is 30.6. The number of rotatable bonds is 16. The lowest BCUT2D eigenvalue weighted by molar-refractivity contribution is -0.143. The van der Waals surface area contributed by atoms with Crippen LogP contribution in [-0.4, -0.2) is 68.8 Å². The van der Waals surface area contributed by atoms with Gasteiger partial charge >= 0.3 is 5.97 Å². The zero-order chi connectivity index (χ0) is 27.4. The van der Waals surface area contributed by atoms with Crippen molar-refractivity contribution in [1.82, 2.24) is 25.9 Å². The number of aromatic amines is 1. The number of hydrogen-bond acceptors (Lipinski definition) is 7. The van der Waals surface area contributed by atoms with Crippen LogP contribution in [0.15, 0.2) is 12.5 Å². The molecule has 0 aliphatic carbocycles. The van der Waals surface area contributed by atoms with Gasteiger partial charge in [0.1, 0.15) is 18.1 Å². The Balaban J connectivity index is 3.00. The molecule has 0 aromatic carbocycles. The van der Waals surface area contributed by atoms with Gasteiger partial charge in [-0.1, -0.05) is 34.1 Å². The van der Waals surface area contributed by atoms with Crippen molar-refractivity contribution in [2.75, 3.05) is 0 Å². The lowest BCUT2D eigenvalue weighted by atomic mass is 9.96. The van der Waals surface area contributed by atoms with Crippen molar-refractivity contribution in [2.24, 2.45) is 23.3 Å². The number of aromatic nitrogens is 2. The zero-order valence-electron chi connectivity index (χ0n) is 21.2. The Labute approximate surface area is 210 Å². The first-order chi connectivity index (χ1) is 16.8. The molecule has 1 rings (SSSR count). The predicted octanol–water partition coefficient (Wildman–Crippen LogP) is -0.824. The summed E-state index contributed by atoms with van der Waals surface area (Å²) in [6.45, 7) is 7.21. The van der Waals surface area contributed by atoms with Gasteiger partial charge < -0.3 is 37.5 Å². The summed E-state index contributed by atoms with van der Waals surface area (Å²) < 4.78 is 0. The van der Waals surface area contributed by atoms with E-state index in [4.69, 9.17) is 11.5 Å². The van der Waals surface area contributed by atoms with E-state index in [0.717, 1.165) is 0 Å². The van der Waals surface area contributed by atoms with Gasteiger partial charge in [-0.25, -0.2) is 9.78 Å². The average molecular weight is 510 g/mol. The summed E-state index contributed by atoms with van der Waals surface area (Å²) in [4.78, 5) is 68.4. The standard InChI is InChI=1S/C23H39N7O6/c1-5-13(4)19(30-20(32)15(24)9-14-10-26-11-27-14)22(34)28-16(6-7-18(25)31)21(33)29-17(23(35)36)8-12(2)3/h10-13,15-17,19H,5-9,24H2,1-4H3,(H2,25,31)(H,26,27)(H,28,34)(H,29,33)(H,30,32)(H,35,36). The van der Waals surface area contributed by atoms with Gasteiger partial charge in [-0.2, -0.15) is 0 Å². The second-order valence-electron chi connectivity index (χ2n) is 9.35. The normalized spacial score (nSPS) is 15.3. The second-order valence-corrected chi connectivity index (χ2v) is 9.35. The van der Waals surface area contributed by atoms with Gasteiger partial charge in [0.25, 0.3) is 0 Å². The van der Waals surface area contributed by atoms with Crippen LogP contribution in [0.5, 0.6) is 0 Å². The van der Waals surface area contributed by atoms with Gasteiger partial charge in [-0.05, 0) is 24.7 Å². The van der Waals surface area contributed by atoms with E-state index in [9.17, 15) is 29.1 Å². The molecule has 5 atom stereocenters. The highest BCUT2D eigenvalue weighted by Crippen LogP contribution is 2.11. The molecule has 0 aliphatic rings. The molecule has 13 nitrogen and oxygen atoms in total. The Morgan fingerprint density at radius 2 is 1.67 bits per heavy atom. The molecule has 0 radical (unpaired) electrons. The first-order valence-corrected chi connectivity index (χ1v) is 12.0. The Bertz CT molecular complexity index is 890. The maximum atomic E-state index is 13.2. The van der Waals surface area contributed by atoms with Gasteiger partial charge in [0, 0.05) is 24.7 Å². The van der Waals surface area contributed by atoms with Crippen molar-refractivity contribution >= 4 is 29.6 Å². The molecule has 1 heterocycles. The number of imidazole rings is 1. The highest BCUT2D eigenvalue weighted by atomic mass is 16.4. The van der Waals surface area contributed by atoms with E-state index >= 15 is 0 Å². The highest BCUT2D eigenvalue weighted by Gasteiger charge is 2.32. The minimum Gasteiger partial charge on any atom is -0.480 e. The largest absolute Gasteiger partial charge is 0.480 e. The van der Waals surface area contributed by atoms with Crippen molar-refractivity contribution in [2.45, 2.75) is 84.0 Å². The van der Waals surface area contributed by atoms with Gasteiger partial charge in [-0.3, -0.25) is 19.2 Å². The maximum Gasteiger partial charge on any atom is 0.326 e. The van der Waals surface area contributed by atoms with E-state index in [1.807, 2.05) is 20.8 Å². The quantitative estimate of drug-likeness (QED) is 0.149. The van der Waals surface area contributed by atoms with Crippen LogP contribution in [0.3, 0.4) is 0 Å². The molecule has 0 bridgehead atoms. The van der Waals surface area contributed by atoms with Crippen LogP contribution in [0.2, 0.25) is 0 Å². The number of primary amides is 1. The molecule has 9 N–H and O–H groups in total. The SMILES string of the molecule is CCC(C)C(NC(=O)C(N)Cc1cnc[nH]1)C(=O)NC(CCC(N)=O)C(=O)NC(CC(C)C)C(=O)O. The molecule has 0 aliphatic heterocycles. The first-order valence-electron chi connectivity index (χ1n) is 12.0. The Hall–Kier alpha value is -3.48. The molecule has 5 unspecified atom stereocenters. The van der Waals surface area contributed by atoms with Gasteiger partial charge in [0.15, 0.2) is 0 Å². The third-order valence-electron chi connectivity index (χ3n) is 5.76. The number of nitrogens with two attached hydrogens (primary N) is 2. The van der Waals surface area contributed by atoms with E-state index in [-0.39, 0.29) is 37.5 Å².